The van der Waals surface area contributed by atoms with Gasteiger partial charge >= 0.3 is 5.97 Å². The van der Waals surface area contributed by atoms with Crippen molar-refractivity contribution in [2.75, 3.05) is 0 Å². The van der Waals surface area contributed by atoms with Gasteiger partial charge in [-0.25, -0.2) is 0 Å². The molecule has 0 saturated carbocycles. The van der Waals surface area contributed by atoms with Crippen LogP contribution >= 0.6 is 11.8 Å². The van der Waals surface area contributed by atoms with Crippen LogP contribution in [0, 0.1) is 0 Å². The van der Waals surface area contributed by atoms with E-state index in [4.69, 9.17) is 5.11 Å². The van der Waals surface area contributed by atoms with Gasteiger partial charge < -0.3 is 9.67 Å². The van der Waals surface area contributed by atoms with Gasteiger partial charge in [-0.15, -0.1) is 11.8 Å². The van der Waals surface area contributed by atoms with Gasteiger partial charge in [-0.05, 0) is 77.9 Å². The zero-order valence-corrected chi connectivity index (χ0v) is 21.0. The lowest BCUT2D eigenvalue weighted by atomic mass is 10.0. The molecule has 1 N–H and O–H groups in total. The summed E-state index contributed by atoms with van der Waals surface area (Å²) in [6.07, 6.45) is 4.84. The van der Waals surface area contributed by atoms with Crippen LogP contribution in [0.3, 0.4) is 0 Å². The van der Waals surface area contributed by atoms with Gasteiger partial charge in [0, 0.05) is 34.3 Å². The number of hydrogen-bond donors (Lipinski definition) is 1. The predicted octanol–water partition coefficient (Wildman–Crippen LogP) is 7.73. The van der Waals surface area contributed by atoms with Crippen molar-refractivity contribution < 1.29 is 9.90 Å². The minimum absolute atomic E-state index is 0.147. The Bertz CT molecular complexity index is 1440. The van der Waals surface area contributed by atoms with Gasteiger partial charge in [-0.3, -0.25) is 4.79 Å². The number of rotatable bonds is 10. The van der Waals surface area contributed by atoms with Gasteiger partial charge in [0.1, 0.15) is 0 Å². The molecule has 36 heavy (non-hydrogen) atoms. The molecule has 0 radical (unpaired) electrons. The van der Waals surface area contributed by atoms with Gasteiger partial charge in [0.05, 0.1) is 5.52 Å². The van der Waals surface area contributed by atoms with Crippen LogP contribution in [0.2, 0.25) is 0 Å². The van der Waals surface area contributed by atoms with Crippen molar-refractivity contribution in [1.82, 2.24) is 4.57 Å². The largest absolute Gasteiger partial charge is 0.481 e. The second kappa shape index (κ2) is 11.3. The maximum Gasteiger partial charge on any atom is 0.303 e. The standard InChI is InChI=1S/C32H29NO2S/c34-32(35)20-13-25-12-19-31-30(21-25)27(14-11-24-7-3-1-4-8-24)22-33(31)28-15-17-29(18-16-28)36-23-26-9-5-2-6-10-26/h1-10,12,15-19,21-22H,11,13-14,20,23H2,(H,34,35). The van der Waals surface area contributed by atoms with E-state index in [0.717, 1.165) is 35.4 Å². The molecule has 0 aliphatic carbocycles. The van der Waals surface area contributed by atoms with E-state index in [9.17, 15) is 4.79 Å². The highest BCUT2D eigenvalue weighted by molar-refractivity contribution is 7.98. The Labute approximate surface area is 216 Å². The fourth-order valence-corrected chi connectivity index (χ4v) is 5.39. The molecule has 180 valence electrons. The van der Waals surface area contributed by atoms with Crippen LogP contribution < -0.4 is 0 Å². The van der Waals surface area contributed by atoms with E-state index in [-0.39, 0.29) is 6.42 Å². The normalized spacial score (nSPS) is 11.1. The third kappa shape index (κ3) is 5.89. The van der Waals surface area contributed by atoms with Crippen molar-refractivity contribution in [1.29, 1.82) is 0 Å². The van der Waals surface area contributed by atoms with Crippen LogP contribution in [0.1, 0.15) is 28.7 Å². The Hall–Kier alpha value is -3.76. The molecule has 0 bridgehead atoms. The SMILES string of the molecule is O=C(O)CCc1ccc2c(c1)c(CCc1ccccc1)cn2-c1ccc(SCc2ccccc2)cc1. The highest BCUT2D eigenvalue weighted by atomic mass is 32.2. The van der Waals surface area contributed by atoms with E-state index in [1.165, 1.54) is 27.0 Å². The summed E-state index contributed by atoms with van der Waals surface area (Å²) in [5.41, 5.74) is 7.28. The molecule has 0 aliphatic heterocycles. The lowest BCUT2D eigenvalue weighted by molar-refractivity contribution is -0.136. The summed E-state index contributed by atoms with van der Waals surface area (Å²) in [4.78, 5) is 12.3. The molecule has 5 rings (SSSR count). The van der Waals surface area contributed by atoms with Crippen LogP contribution in [0.25, 0.3) is 16.6 Å². The molecule has 0 amide bonds. The van der Waals surface area contributed by atoms with E-state index in [1.807, 2.05) is 23.9 Å². The van der Waals surface area contributed by atoms with E-state index >= 15 is 0 Å². The minimum Gasteiger partial charge on any atom is -0.481 e. The molecule has 0 spiro atoms. The average molecular weight is 492 g/mol. The number of thioether (sulfide) groups is 1. The van der Waals surface area contributed by atoms with Crippen LogP contribution in [0.15, 0.2) is 114 Å². The minimum atomic E-state index is -0.762. The molecule has 0 unspecified atom stereocenters. The van der Waals surface area contributed by atoms with Gasteiger partial charge in [0.15, 0.2) is 0 Å². The topological polar surface area (TPSA) is 42.2 Å². The summed E-state index contributed by atoms with van der Waals surface area (Å²) in [6, 6.07) is 36.2. The molecular formula is C32H29NO2S. The van der Waals surface area contributed by atoms with Gasteiger partial charge in [-0.1, -0.05) is 66.7 Å². The van der Waals surface area contributed by atoms with E-state index < -0.39 is 5.97 Å². The first kappa shape index (κ1) is 24.0. The summed E-state index contributed by atoms with van der Waals surface area (Å²) < 4.78 is 2.27. The number of fused-ring (bicyclic) bond motifs is 1. The molecule has 5 aromatic rings. The maximum absolute atomic E-state index is 11.1. The van der Waals surface area contributed by atoms with E-state index in [0.29, 0.717) is 6.42 Å². The molecule has 4 aromatic carbocycles. The lowest BCUT2D eigenvalue weighted by Crippen LogP contribution is -1.97. The first-order chi connectivity index (χ1) is 17.7. The van der Waals surface area contributed by atoms with Gasteiger partial charge in [0.2, 0.25) is 0 Å². The predicted molar refractivity (Wildman–Crippen MR) is 149 cm³/mol. The second-order valence-electron chi connectivity index (χ2n) is 9.02. The number of carboxylic acids is 1. The lowest BCUT2D eigenvalue weighted by Gasteiger charge is -2.08. The van der Waals surface area contributed by atoms with Gasteiger partial charge in [0.25, 0.3) is 0 Å². The zero-order chi connectivity index (χ0) is 24.7. The highest BCUT2D eigenvalue weighted by Gasteiger charge is 2.12. The molecule has 0 atom stereocenters. The summed E-state index contributed by atoms with van der Waals surface area (Å²) in [7, 11) is 0. The number of nitrogens with zero attached hydrogens (tertiary/aromatic N) is 1. The fraction of sp³-hybridized carbons (Fsp3) is 0.156. The highest BCUT2D eigenvalue weighted by Crippen LogP contribution is 2.30. The van der Waals surface area contributed by atoms with E-state index in [1.54, 1.807) is 0 Å². The number of hydrogen-bond acceptors (Lipinski definition) is 2. The number of carbonyl (C=O) groups is 1. The first-order valence-electron chi connectivity index (χ1n) is 12.3. The summed E-state index contributed by atoms with van der Waals surface area (Å²) in [5, 5.41) is 10.3. The molecule has 0 aliphatic rings. The summed E-state index contributed by atoms with van der Waals surface area (Å²) in [5.74, 6) is 0.192. The van der Waals surface area contributed by atoms with Crippen LogP contribution in [0.5, 0.6) is 0 Å². The Balaban J connectivity index is 1.41. The van der Waals surface area contributed by atoms with Crippen molar-refractivity contribution in [3.63, 3.8) is 0 Å². The van der Waals surface area contributed by atoms with Crippen LogP contribution in [-0.4, -0.2) is 15.6 Å². The second-order valence-corrected chi connectivity index (χ2v) is 10.1. The number of carboxylic acid groups (broad SMARTS) is 1. The van der Waals surface area contributed by atoms with E-state index in [2.05, 4.69) is 102 Å². The van der Waals surface area contributed by atoms with Crippen molar-refractivity contribution in [3.8, 4) is 5.69 Å². The van der Waals surface area contributed by atoms with Crippen LogP contribution in [-0.2, 0) is 29.8 Å². The van der Waals surface area contributed by atoms with Crippen LogP contribution in [0.4, 0.5) is 0 Å². The molecule has 1 aromatic heterocycles. The van der Waals surface area contributed by atoms with Crippen molar-refractivity contribution in [2.45, 2.75) is 36.3 Å². The quantitative estimate of drug-likeness (QED) is 0.203. The fourth-order valence-electron chi connectivity index (χ4n) is 4.53. The first-order valence-corrected chi connectivity index (χ1v) is 13.3. The molecular weight excluding hydrogens is 462 g/mol. The monoisotopic (exact) mass is 491 g/mol. The molecule has 0 saturated heterocycles. The third-order valence-corrected chi connectivity index (χ3v) is 7.55. The van der Waals surface area contributed by atoms with Crippen molar-refractivity contribution >= 4 is 28.6 Å². The number of benzene rings is 4. The Kier molecular flexibility index (Phi) is 7.53. The maximum atomic E-state index is 11.1. The Morgan fingerprint density at radius 1 is 0.722 bits per heavy atom. The Morgan fingerprint density at radius 2 is 1.42 bits per heavy atom. The number of aryl methyl sites for hydroxylation is 3. The summed E-state index contributed by atoms with van der Waals surface area (Å²) in [6.45, 7) is 0. The average Bonchev–Trinajstić information content (AvgIpc) is 3.29. The zero-order valence-electron chi connectivity index (χ0n) is 20.1. The van der Waals surface area contributed by atoms with Gasteiger partial charge in [-0.2, -0.15) is 0 Å². The Morgan fingerprint density at radius 3 is 2.11 bits per heavy atom. The molecule has 1 heterocycles. The molecule has 0 fully saturated rings. The molecule has 3 nitrogen and oxygen atoms in total. The molecule has 4 heteroatoms. The number of aliphatic carboxylic acids is 1. The third-order valence-electron chi connectivity index (χ3n) is 6.47. The number of aromatic nitrogens is 1. The summed E-state index contributed by atoms with van der Waals surface area (Å²) >= 11 is 1.84. The smallest absolute Gasteiger partial charge is 0.303 e. The van der Waals surface area contributed by atoms with Crippen molar-refractivity contribution in [3.05, 3.63) is 132 Å². The van der Waals surface area contributed by atoms with Crippen molar-refractivity contribution in [2.24, 2.45) is 0 Å².